The van der Waals surface area contributed by atoms with E-state index in [0.29, 0.717) is 12.8 Å². The maximum atomic E-state index is 12.6. The van der Waals surface area contributed by atoms with Crippen LogP contribution < -0.4 is 0 Å². The summed E-state index contributed by atoms with van der Waals surface area (Å²) in [7, 11) is 0. The molecule has 3 heterocycles. The number of carbonyl (C=O) groups excluding carboxylic acids is 1. The summed E-state index contributed by atoms with van der Waals surface area (Å²) in [4.78, 5) is 16.8. The fourth-order valence-electron chi connectivity index (χ4n) is 2.96. The second kappa shape index (κ2) is 6.12. The maximum Gasteiger partial charge on any atom is 0.143 e. The van der Waals surface area contributed by atoms with E-state index in [1.807, 2.05) is 28.7 Å². The van der Waals surface area contributed by atoms with Gasteiger partial charge in [0.2, 0.25) is 0 Å². The van der Waals surface area contributed by atoms with E-state index in [1.165, 1.54) is 0 Å². The lowest BCUT2D eigenvalue weighted by Crippen LogP contribution is -2.10. The average Bonchev–Trinajstić information content (AvgIpc) is 3.27. The first-order valence-corrected chi connectivity index (χ1v) is 7.80. The minimum absolute atomic E-state index is 0.148. The molecule has 118 valence electrons. The van der Waals surface area contributed by atoms with Gasteiger partial charge in [0.05, 0.1) is 24.2 Å². The molecule has 0 fully saturated rings. The van der Waals surface area contributed by atoms with E-state index in [1.54, 1.807) is 24.9 Å². The average molecular weight is 316 g/mol. The fourth-order valence-corrected chi connectivity index (χ4v) is 2.96. The van der Waals surface area contributed by atoms with Crippen molar-refractivity contribution in [3.05, 3.63) is 78.6 Å². The summed E-state index contributed by atoms with van der Waals surface area (Å²) in [5, 5.41) is 6.64. The topological polar surface area (TPSA) is 63.0 Å². The number of benzene rings is 1. The molecule has 0 radical (unpaired) electrons. The first-order chi connectivity index (χ1) is 11.8. The van der Waals surface area contributed by atoms with Crippen LogP contribution in [0.3, 0.4) is 0 Å². The van der Waals surface area contributed by atoms with E-state index in [-0.39, 0.29) is 5.78 Å². The van der Waals surface area contributed by atoms with Crippen molar-refractivity contribution in [2.45, 2.75) is 12.8 Å². The van der Waals surface area contributed by atoms with Crippen LogP contribution in [0.5, 0.6) is 0 Å². The maximum absolute atomic E-state index is 12.6. The molecule has 5 nitrogen and oxygen atoms in total. The zero-order valence-corrected chi connectivity index (χ0v) is 13.0. The standard InChI is InChI=1S/C19H16N4O/c24-17(8-14-10-21-22-11-14)9-19-18(15-4-2-1-3-5-15)7-6-16-12-20-13-23(16)19/h1-7,10-13H,8-9H2,(H,21,22). The lowest BCUT2D eigenvalue weighted by Gasteiger charge is -2.12. The van der Waals surface area contributed by atoms with Crippen molar-refractivity contribution in [2.75, 3.05) is 0 Å². The summed E-state index contributed by atoms with van der Waals surface area (Å²) in [5.74, 6) is 0.148. The smallest absolute Gasteiger partial charge is 0.143 e. The number of hydrogen-bond donors (Lipinski definition) is 1. The highest BCUT2D eigenvalue weighted by atomic mass is 16.1. The number of H-pyrrole nitrogens is 1. The number of hydrogen-bond acceptors (Lipinski definition) is 3. The van der Waals surface area contributed by atoms with Gasteiger partial charge >= 0.3 is 0 Å². The highest BCUT2D eigenvalue weighted by Crippen LogP contribution is 2.25. The minimum atomic E-state index is 0.148. The van der Waals surface area contributed by atoms with Crippen LogP contribution in [-0.2, 0) is 17.6 Å². The summed E-state index contributed by atoms with van der Waals surface area (Å²) >= 11 is 0. The van der Waals surface area contributed by atoms with Crippen molar-refractivity contribution in [2.24, 2.45) is 0 Å². The van der Waals surface area contributed by atoms with E-state index in [9.17, 15) is 4.79 Å². The second-order valence-corrected chi connectivity index (χ2v) is 5.75. The molecule has 0 amide bonds. The van der Waals surface area contributed by atoms with Crippen LogP contribution in [-0.4, -0.2) is 25.4 Å². The third kappa shape index (κ3) is 2.72. The molecule has 1 N–H and O–H groups in total. The number of Topliss-reactive ketones (excluding diaryl/α,β-unsaturated/α-hetero) is 1. The van der Waals surface area contributed by atoms with Crippen LogP contribution in [0.1, 0.15) is 11.3 Å². The van der Waals surface area contributed by atoms with Crippen LogP contribution in [0.2, 0.25) is 0 Å². The first kappa shape index (κ1) is 14.4. The zero-order valence-electron chi connectivity index (χ0n) is 13.0. The predicted molar refractivity (Wildman–Crippen MR) is 91.6 cm³/mol. The van der Waals surface area contributed by atoms with E-state index in [2.05, 4.69) is 33.4 Å². The summed E-state index contributed by atoms with van der Waals surface area (Å²) in [6, 6.07) is 14.2. The Kier molecular flexibility index (Phi) is 3.67. The lowest BCUT2D eigenvalue weighted by molar-refractivity contribution is -0.117. The molecule has 24 heavy (non-hydrogen) atoms. The van der Waals surface area contributed by atoms with Gasteiger partial charge in [-0.15, -0.1) is 0 Å². The Balaban J connectivity index is 1.74. The summed E-state index contributed by atoms with van der Waals surface area (Å²) in [6.45, 7) is 0. The summed E-state index contributed by atoms with van der Waals surface area (Å²) < 4.78 is 2.00. The van der Waals surface area contributed by atoms with E-state index < -0.39 is 0 Å². The van der Waals surface area contributed by atoms with Crippen molar-refractivity contribution in [3.8, 4) is 11.1 Å². The molecule has 4 aromatic rings. The highest BCUT2D eigenvalue weighted by molar-refractivity contribution is 5.85. The Morgan fingerprint density at radius 1 is 1.04 bits per heavy atom. The molecular formula is C19H16N4O. The molecule has 0 saturated heterocycles. The van der Waals surface area contributed by atoms with Crippen LogP contribution in [0, 0.1) is 0 Å². The summed E-state index contributed by atoms with van der Waals surface area (Å²) in [5.41, 5.74) is 5.01. The van der Waals surface area contributed by atoms with Gasteiger partial charge in [-0.3, -0.25) is 9.89 Å². The zero-order chi connectivity index (χ0) is 16.4. The minimum Gasteiger partial charge on any atom is -0.302 e. The van der Waals surface area contributed by atoms with Gasteiger partial charge in [0.25, 0.3) is 0 Å². The largest absolute Gasteiger partial charge is 0.302 e. The number of rotatable bonds is 5. The molecule has 0 aliphatic carbocycles. The van der Waals surface area contributed by atoms with E-state index in [0.717, 1.165) is 27.9 Å². The molecular weight excluding hydrogens is 300 g/mol. The van der Waals surface area contributed by atoms with Crippen molar-refractivity contribution >= 4 is 11.3 Å². The summed E-state index contributed by atoms with van der Waals surface area (Å²) in [6.07, 6.45) is 7.74. The van der Waals surface area contributed by atoms with Gasteiger partial charge in [0, 0.05) is 30.3 Å². The molecule has 0 bridgehead atoms. The van der Waals surface area contributed by atoms with Crippen LogP contribution in [0.15, 0.2) is 67.4 Å². The molecule has 0 aliphatic rings. The Morgan fingerprint density at radius 3 is 2.71 bits per heavy atom. The Labute approximate surface area is 139 Å². The molecule has 4 rings (SSSR count). The van der Waals surface area contributed by atoms with Crippen molar-refractivity contribution in [3.63, 3.8) is 0 Å². The Morgan fingerprint density at radius 2 is 1.92 bits per heavy atom. The Bertz CT molecular complexity index is 971. The second-order valence-electron chi connectivity index (χ2n) is 5.75. The number of aromatic amines is 1. The molecule has 3 aromatic heterocycles. The van der Waals surface area contributed by atoms with Gasteiger partial charge in [-0.1, -0.05) is 36.4 Å². The van der Waals surface area contributed by atoms with Crippen molar-refractivity contribution < 1.29 is 4.79 Å². The van der Waals surface area contributed by atoms with Gasteiger partial charge in [-0.2, -0.15) is 5.10 Å². The number of aromatic nitrogens is 4. The van der Waals surface area contributed by atoms with Crippen LogP contribution >= 0.6 is 0 Å². The quantitative estimate of drug-likeness (QED) is 0.615. The monoisotopic (exact) mass is 316 g/mol. The van der Waals surface area contributed by atoms with Gasteiger partial charge in [0.15, 0.2) is 0 Å². The number of pyridine rings is 1. The molecule has 0 aliphatic heterocycles. The lowest BCUT2D eigenvalue weighted by atomic mass is 9.99. The number of nitrogens with one attached hydrogen (secondary N) is 1. The van der Waals surface area contributed by atoms with Crippen LogP contribution in [0.4, 0.5) is 0 Å². The molecule has 0 saturated carbocycles. The molecule has 0 spiro atoms. The normalized spacial score (nSPS) is 11.0. The number of fused-ring (bicyclic) bond motifs is 1. The van der Waals surface area contributed by atoms with Gasteiger partial charge in [-0.25, -0.2) is 4.98 Å². The van der Waals surface area contributed by atoms with E-state index >= 15 is 0 Å². The SMILES string of the molecule is O=C(Cc1cn[nH]c1)Cc1c(-c2ccccc2)ccc2cncn12. The third-order valence-corrected chi connectivity index (χ3v) is 4.10. The van der Waals surface area contributed by atoms with Gasteiger partial charge < -0.3 is 4.40 Å². The van der Waals surface area contributed by atoms with E-state index in [4.69, 9.17) is 0 Å². The molecule has 0 unspecified atom stereocenters. The van der Waals surface area contributed by atoms with Crippen molar-refractivity contribution in [1.29, 1.82) is 0 Å². The number of imidazole rings is 1. The molecule has 5 heteroatoms. The third-order valence-electron chi connectivity index (χ3n) is 4.10. The first-order valence-electron chi connectivity index (χ1n) is 7.80. The number of nitrogens with zero attached hydrogens (tertiary/aromatic N) is 3. The van der Waals surface area contributed by atoms with Crippen molar-refractivity contribution in [1.82, 2.24) is 19.6 Å². The van der Waals surface area contributed by atoms with Gasteiger partial charge in [0.1, 0.15) is 5.78 Å². The van der Waals surface area contributed by atoms with Gasteiger partial charge in [-0.05, 0) is 17.2 Å². The highest BCUT2D eigenvalue weighted by Gasteiger charge is 2.14. The molecule has 0 atom stereocenters. The fraction of sp³-hybridized carbons (Fsp3) is 0.105. The molecule has 1 aromatic carbocycles. The van der Waals surface area contributed by atoms with Crippen LogP contribution in [0.25, 0.3) is 16.6 Å². The Hall–Kier alpha value is -3.21. The number of ketones is 1. The predicted octanol–water partition coefficient (Wildman–Crippen LogP) is 3.08. The number of carbonyl (C=O) groups is 1.